The molecular formula is C46H44. The Balaban J connectivity index is 0.000000114. The van der Waals surface area contributed by atoms with Crippen molar-refractivity contribution in [1.29, 1.82) is 0 Å². The van der Waals surface area contributed by atoms with Crippen LogP contribution < -0.4 is 0 Å². The summed E-state index contributed by atoms with van der Waals surface area (Å²) < 4.78 is 0. The average molecular weight is 597 g/mol. The van der Waals surface area contributed by atoms with Crippen LogP contribution in [0.25, 0.3) is 0 Å². The Morgan fingerprint density at radius 2 is 0.739 bits per heavy atom. The van der Waals surface area contributed by atoms with Crippen LogP contribution in [0.15, 0.2) is 146 Å². The fourth-order valence-corrected chi connectivity index (χ4v) is 13.1. The molecule has 4 bridgehead atoms. The molecule has 0 spiro atoms. The lowest BCUT2D eigenvalue weighted by Crippen LogP contribution is -2.20. The third-order valence-electron chi connectivity index (χ3n) is 14.8. The summed E-state index contributed by atoms with van der Waals surface area (Å²) in [5.74, 6) is 10.5. The van der Waals surface area contributed by atoms with Gasteiger partial charge < -0.3 is 0 Å². The van der Waals surface area contributed by atoms with Crippen LogP contribution in [0, 0.1) is 59.2 Å². The van der Waals surface area contributed by atoms with E-state index in [4.69, 9.17) is 0 Å². The summed E-state index contributed by atoms with van der Waals surface area (Å²) in [5.41, 5.74) is 7.40. The minimum atomic E-state index is 0.495. The highest BCUT2D eigenvalue weighted by molar-refractivity contribution is 5.50. The Kier molecular flexibility index (Phi) is 5.44. The second-order valence-electron chi connectivity index (χ2n) is 16.3. The summed E-state index contributed by atoms with van der Waals surface area (Å²) in [5, 5.41) is 0. The third-order valence-corrected chi connectivity index (χ3v) is 14.8. The van der Waals surface area contributed by atoms with E-state index in [1.165, 1.54) is 25.7 Å². The maximum atomic E-state index is 2.55. The Bertz CT molecular complexity index is 1690. The van der Waals surface area contributed by atoms with Crippen LogP contribution in [0.3, 0.4) is 0 Å². The maximum Gasteiger partial charge on any atom is 0.00870 e. The van der Waals surface area contributed by atoms with E-state index in [9.17, 15) is 0 Å². The third kappa shape index (κ3) is 3.46. The Morgan fingerprint density at radius 1 is 0.370 bits per heavy atom. The molecule has 0 amide bonds. The Hall–Kier alpha value is -3.64. The SMILES string of the molecule is C1=C[C@H]2C[C@@H]1[C@@]1(c3ccccc3)[C@H]([C@@H]3C[C@H]3c3ccccc3)[C@@H]21.C1=C[C@H]2C[C@@H]1[C@H]1[C@H]([C@H]3C[C@@H]3c3ccccc3)[C@]12c1ccccc1. The summed E-state index contributed by atoms with van der Waals surface area (Å²) >= 11 is 0. The van der Waals surface area contributed by atoms with Gasteiger partial charge in [-0.25, -0.2) is 0 Å². The van der Waals surface area contributed by atoms with Crippen LogP contribution in [0.2, 0.25) is 0 Å². The topological polar surface area (TPSA) is 0 Å². The molecule has 4 aromatic carbocycles. The highest BCUT2D eigenvalue weighted by Gasteiger charge is 2.80. The first kappa shape index (κ1) is 26.4. The maximum absolute atomic E-state index is 2.55. The number of allylic oxidation sites excluding steroid dienone is 4. The minimum absolute atomic E-state index is 0.495. The molecule has 0 heteroatoms. The van der Waals surface area contributed by atoms with Crippen molar-refractivity contribution in [2.24, 2.45) is 59.2 Å². The van der Waals surface area contributed by atoms with Gasteiger partial charge in [0.2, 0.25) is 0 Å². The van der Waals surface area contributed by atoms with Crippen molar-refractivity contribution in [3.8, 4) is 0 Å². The zero-order valence-electron chi connectivity index (χ0n) is 26.6. The molecule has 0 aliphatic heterocycles. The molecule has 8 aliphatic carbocycles. The molecule has 0 nitrogen and oxygen atoms in total. The first-order chi connectivity index (χ1) is 22.8. The summed E-state index contributed by atoms with van der Waals surface area (Å²) in [4.78, 5) is 0. The molecule has 8 aliphatic rings. The van der Waals surface area contributed by atoms with Crippen LogP contribution in [0.5, 0.6) is 0 Å². The van der Waals surface area contributed by atoms with Crippen LogP contribution in [0.4, 0.5) is 0 Å². The lowest BCUT2D eigenvalue weighted by molar-refractivity contribution is 0.418. The average Bonchev–Trinajstić information content (AvgIpc) is 4.09. The Labute approximate surface area is 274 Å². The van der Waals surface area contributed by atoms with E-state index in [0.29, 0.717) is 10.8 Å². The van der Waals surface area contributed by atoms with Gasteiger partial charge in [-0.05, 0) is 119 Å². The van der Waals surface area contributed by atoms with Gasteiger partial charge in [0.15, 0.2) is 0 Å². The van der Waals surface area contributed by atoms with E-state index in [-0.39, 0.29) is 0 Å². The molecule has 46 heavy (non-hydrogen) atoms. The van der Waals surface area contributed by atoms with E-state index >= 15 is 0 Å². The Morgan fingerprint density at radius 3 is 1.13 bits per heavy atom. The fraction of sp³-hybridized carbons (Fsp3) is 0.391. The molecule has 4 aromatic rings. The van der Waals surface area contributed by atoms with Crippen molar-refractivity contribution < 1.29 is 0 Å². The number of hydrogen-bond acceptors (Lipinski definition) is 0. The molecule has 14 atom stereocenters. The van der Waals surface area contributed by atoms with E-state index in [1.54, 1.807) is 22.3 Å². The second-order valence-corrected chi connectivity index (χ2v) is 16.3. The molecule has 6 saturated carbocycles. The molecular weight excluding hydrogens is 553 g/mol. The van der Waals surface area contributed by atoms with Gasteiger partial charge in [-0.1, -0.05) is 146 Å². The number of rotatable bonds is 6. The van der Waals surface area contributed by atoms with Gasteiger partial charge in [-0.15, -0.1) is 0 Å². The number of benzene rings is 4. The van der Waals surface area contributed by atoms with Crippen LogP contribution in [-0.4, -0.2) is 0 Å². The molecule has 0 radical (unpaired) electrons. The fourth-order valence-electron chi connectivity index (χ4n) is 13.1. The molecule has 12 rings (SSSR count). The predicted octanol–water partition coefficient (Wildman–Crippen LogP) is 10.4. The largest absolute Gasteiger partial charge is 0.0848 e. The lowest BCUT2D eigenvalue weighted by atomic mass is 9.80. The van der Waals surface area contributed by atoms with Crippen molar-refractivity contribution >= 4 is 0 Å². The van der Waals surface area contributed by atoms with Gasteiger partial charge in [0.1, 0.15) is 0 Å². The number of hydrogen-bond donors (Lipinski definition) is 0. The molecule has 6 fully saturated rings. The zero-order valence-corrected chi connectivity index (χ0v) is 26.6. The van der Waals surface area contributed by atoms with Gasteiger partial charge in [0.25, 0.3) is 0 Å². The molecule has 0 aromatic heterocycles. The highest BCUT2D eigenvalue weighted by Crippen LogP contribution is 2.83. The summed E-state index contributed by atoms with van der Waals surface area (Å²) in [7, 11) is 0. The molecule has 0 saturated heterocycles. The molecule has 0 heterocycles. The van der Waals surface area contributed by atoms with Gasteiger partial charge in [-0.2, -0.15) is 0 Å². The van der Waals surface area contributed by atoms with Crippen molar-refractivity contribution in [2.45, 2.75) is 48.3 Å². The van der Waals surface area contributed by atoms with Crippen molar-refractivity contribution in [3.63, 3.8) is 0 Å². The first-order valence-electron chi connectivity index (χ1n) is 18.4. The molecule has 0 unspecified atom stereocenters. The smallest absolute Gasteiger partial charge is 0.00870 e. The summed E-state index contributed by atoms with van der Waals surface area (Å²) in [6, 6.07) is 45.4. The van der Waals surface area contributed by atoms with Gasteiger partial charge in [0.05, 0.1) is 0 Å². The lowest BCUT2D eigenvalue weighted by Gasteiger charge is -2.23. The van der Waals surface area contributed by atoms with Gasteiger partial charge >= 0.3 is 0 Å². The quantitative estimate of drug-likeness (QED) is 0.194. The van der Waals surface area contributed by atoms with Crippen LogP contribution >= 0.6 is 0 Å². The first-order valence-corrected chi connectivity index (χ1v) is 18.4. The standard InChI is InChI=1S/2C23H22/c2*1-3-7-15(8-4-1)19-14-20(19)22-21-16-11-12-18(13-16)23(21,22)17-9-5-2-6-10-17/h2*1-12,16,18-22H,13-14H2/t2*16-,18+,19-,20+,21+,22+,23+/m10/s1. The van der Waals surface area contributed by atoms with E-state index < -0.39 is 0 Å². The van der Waals surface area contributed by atoms with E-state index in [2.05, 4.69) is 146 Å². The summed E-state index contributed by atoms with van der Waals surface area (Å²) in [6.07, 6.45) is 15.8. The number of fused-ring (bicyclic) bond motifs is 10. The van der Waals surface area contributed by atoms with Crippen LogP contribution in [-0.2, 0) is 10.8 Å². The molecule has 0 N–H and O–H groups in total. The molecule has 228 valence electrons. The predicted molar refractivity (Wildman–Crippen MR) is 186 cm³/mol. The normalized spacial score (nSPS) is 45.0. The van der Waals surface area contributed by atoms with Crippen molar-refractivity contribution in [1.82, 2.24) is 0 Å². The zero-order chi connectivity index (χ0) is 30.0. The van der Waals surface area contributed by atoms with Crippen molar-refractivity contribution in [3.05, 3.63) is 168 Å². The monoisotopic (exact) mass is 596 g/mol. The van der Waals surface area contributed by atoms with E-state index in [0.717, 1.165) is 71.0 Å². The van der Waals surface area contributed by atoms with Gasteiger partial charge in [-0.3, -0.25) is 0 Å². The second kappa shape index (κ2) is 9.47. The minimum Gasteiger partial charge on any atom is -0.0848 e. The van der Waals surface area contributed by atoms with E-state index in [1.807, 2.05) is 0 Å². The summed E-state index contributed by atoms with van der Waals surface area (Å²) in [6.45, 7) is 0. The van der Waals surface area contributed by atoms with Crippen molar-refractivity contribution in [2.75, 3.05) is 0 Å². The highest BCUT2D eigenvalue weighted by atomic mass is 14.8. The van der Waals surface area contributed by atoms with Crippen LogP contribution in [0.1, 0.15) is 59.8 Å². The van der Waals surface area contributed by atoms with Gasteiger partial charge in [0, 0.05) is 10.8 Å².